The highest BCUT2D eigenvalue weighted by atomic mass is 16.5. The molecule has 0 fully saturated rings. The summed E-state index contributed by atoms with van der Waals surface area (Å²) in [6.45, 7) is 4.81. The molecule has 0 spiro atoms. The largest absolute Gasteiger partial charge is 0.497 e. The number of rotatable bonds is 4. The quantitative estimate of drug-likeness (QED) is 0.802. The average molecular weight is 295 g/mol. The third kappa shape index (κ3) is 2.35. The highest BCUT2D eigenvalue weighted by Crippen LogP contribution is 2.31. The number of benzene rings is 1. The number of aromatic nitrogens is 2. The maximum atomic E-state index is 5.92. The topological polar surface area (TPSA) is 52.5 Å². The molecule has 0 amide bonds. The maximum Gasteiger partial charge on any atom is 0.140 e. The number of aryl methyl sites for hydroxylation is 1. The van der Waals surface area contributed by atoms with Crippen molar-refractivity contribution in [2.45, 2.75) is 19.8 Å². The van der Waals surface area contributed by atoms with Gasteiger partial charge in [-0.3, -0.25) is 0 Å². The molecule has 2 aromatic heterocycles. The van der Waals surface area contributed by atoms with Gasteiger partial charge in [0.05, 0.1) is 18.5 Å². The Labute approximate surface area is 130 Å². The van der Waals surface area contributed by atoms with Gasteiger partial charge >= 0.3 is 0 Å². The standard InChI is InChI=1S/C18H21N3O/c1-12-5-4-10-21-17(13(2)11-19)16(20-18(12)21)14-6-8-15(22-3)9-7-14/h4-10,13H,11,19H2,1-3H3. The lowest BCUT2D eigenvalue weighted by Crippen LogP contribution is -2.12. The molecule has 2 N–H and O–H groups in total. The van der Waals surface area contributed by atoms with Gasteiger partial charge in [-0.1, -0.05) is 13.0 Å². The zero-order valence-corrected chi connectivity index (χ0v) is 13.2. The van der Waals surface area contributed by atoms with Crippen molar-refractivity contribution in [1.29, 1.82) is 0 Å². The fourth-order valence-corrected chi connectivity index (χ4v) is 2.77. The Morgan fingerprint density at radius 3 is 2.59 bits per heavy atom. The van der Waals surface area contributed by atoms with Crippen molar-refractivity contribution < 1.29 is 4.74 Å². The number of nitrogens with two attached hydrogens (primary N) is 1. The Kier molecular flexibility index (Phi) is 3.86. The van der Waals surface area contributed by atoms with Gasteiger partial charge in [0.15, 0.2) is 0 Å². The molecule has 0 radical (unpaired) electrons. The SMILES string of the molecule is COc1ccc(-c2nc3c(C)cccn3c2C(C)CN)cc1. The third-order valence-corrected chi connectivity index (χ3v) is 4.07. The lowest BCUT2D eigenvalue weighted by molar-refractivity contribution is 0.415. The minimum Gasteiger partial charge on any atom is -0.497 e. The van der Waals surface area contributed by atoms with Gasteiger partial charge in [-0.05, 0) is 42.8 Å². The van der Waals surface area contributed by atoms with Gasteiger partial charge in [0.25, 0.3) is 0 Å². The lowest BCUT2D eigenvalue weighted by atomic mass is 10.0. The summed E-state index contributed by atoms with van der Waals surface area (Å²) < 4.78 is 7.40. The van der Waals surface area contributed by atoms with Crippen molar-refractivity contribution in [2.24, 2.45) is 5.73 Å². The number of nitrogens with zero attached hydrogens (tertiary/aromatic N) is 2. The predicted molar refractivity (Wildman–Crippen MR) is 89.4 cm³/mol. The molecule has 0 aliphatic carbocycles. The molecule has 1 unspecified atom stereocenters. The molecule has 3 rings (SSSR count). The van der Waals surface area contributed by atoms with Crippen LogP contribution in [0.2, 0.25) is 0 Å². The summed E-state index contributed by atoms with van der Waals surface area (Å²) in [5.74, 6) is 1.08. The zero-order chi connectivity index (χ0) is 15.7. The summed E-state index contributed by atoms with van der Waals surface area (Å²) in [5, 5.41) is 0. The van der Waals surface area contributed by atoms with E-state index in [0.29, 0.717) is 6.54 Å². The predicted octanol–water partition coefficient (Wildman–Crippen LogP) is 3.38. The number of imidazole rings is 1. The van der Waals surface area contributed by atoms with Crippen LogP contribution in [0.4, 0.5) is 0 Å². The van der Waals surface area contributed by atoms with Crippen molar-refractivity contribution in [3.05, 3.63) is 53.9 Å². The van der Waals surface area contributed by atoms with Gasteiger partial charge in [-0.25, -0.2) is 4.98 Å². The number of methoxy groups -OCH3 is 1. The second kappa shape index (κ2) is 5.81. The van der Waals surface area contributed by atoms with E-state index in [0.717, 1.165) is 33.9 Å². The summed E-state index contributed by atoms with van der Waals surface area (Å²) in [5.41, 5.74) is 11.3. The van der Waals surface area contributed by atoms with E-state index < -0.39 is 0 Å². The molecule has 4 heteroatoms. The van der Waals surface area contributed by atoms with Crippen molar-refractivity contribution in [2.75, 3.05) is 13.7 Å². The van der Waals surface area contributed by atoms with Crippen LogP contribution in [-0.2, 0) is 0 Å². The van der Waals surface area contributed by atoms with E-state index in [1.54, 1.807) is 7.11 Å². The number of fused-ring (bicyclic) bond motifs is 1. The summed E-state index contributed by atoms with van der Waals surface area (Å²) in [7, 11) is 1.67. The Hall–Kier alpha value is -2.33. The molecule has 0 saturated heterocycles. The van der Waals surface area contributed by atoms with Crippen LogP contribution in [0.1, 0.15) is 24.1 Å². The van der Waals surface area contributed by atoms with Crippen molar-refractivity contribution in [1.82, 2.24) is 9.38 Å². The zero-order valence-electron chi connectivity index (χ0n) is 13.2. The van der Waals surface area contributed by atoms with Gasteiger partial charge in [0.2, 0.25) is 0 Å². The van der Waals surface area contributed by atoms with E-state index in [2.05, 4.69) is 36.6 Å². The smallest absolute Gasteiger partial charge is 0.140 e. The van der Waals surface area contributed by atoms with Crippen LogP contribution in [0.25, 0.3) is 16.9 Å². The molecule has 0 bridgehead atoms. The minimum atomic E-state index is 0.230. The Bertz CT molecular complexity index is 790. The first-order valence-corrected chi connectivity index (χ1v) is 7.47. The first kappa shape index (κ1) is 14.6. The van der Waals surface area contributed by atoms with Crippen molar-refractivity contribution in [3.63, 3.8) is 0 Å². The maximum absolute atomic E-state index is 5.92. The Balaban J connectivity index is 2.24. The average Bonchev–Trinajstić information content (AvgIpc) is 2.95. The molecular weight excluding hydrogens is 274 g/mol. The van der Waals surface area contributed by atoms with Crippen LogP contribution < -0.4 is 10.5 Å². The number of ether oxygens (including phenoxy) is 1. The van der Waals surface area contributed by atoms with Crippen LogP contribution in [0.3, 0.4) is 0 Å². The van der Waals surface area contributed by atoms with Gasteiger partial charge in [0.1, 0.15) is 11.4 Å². The summed E-state index contributed by atoms with van der Waals surface area (Å²) in [6.07, 6.45) is 2.06. The molecule has 0 saturated carbocycles. The number of hydrogen-bond acceptors (Lipinski definition) is 3. The van der Waals surface area contributed by atoms with E-state index in [1.165, 1.54) is 0 Å². The normalized spacial score (nSPS) is 12.5. The lowest BCUT2D eigenvalue weighted by Gasteiger charge is -2.12. The van der Waals surface area contributed by atoms with Crippen LogP contribution in [0.15, 0.2) is 42.6 Å². The highest BCUT2D eigenvalue weighted by molar-refractivity contribution is 5.69. The molecular formula is C18H21N3O. The molecule has 3 aromatic rings. The highest BCUT2D eigenvalue weighted by Gasteiger charge is 2.19. The molecule has 1 aromatic carbocycles. The fourth-order valence-electron chi connectivity index (χ4n) is 2.77. The summed E-state index contributed by atoms with van der Waals surface area (Å²) in [6, 6.07) is 12.1. The summed E-state index contributed by atoms with van der Waals surface area (Å²) >= 11 is 0. The van der Waals surface area contributed by atoms with E-state index in [1.807, 2.05) is 24.3 Å². The molecule has 1 atom stereocenters. The molecule has 4 nitrogen and oxygen atoms in total. The van der Waals surface area contributed by atoms with Crippen LogP contribution in [0, 0.1) is 6.92 Å². The monoisotopic (exact) mass is 295 g/mol. The molecule has 22 heavy (non-hydrogen) atoms. The molecule has 0 aliphatic heterocycles. The Morgan fingerprint density at radius 1 is 1.23 bits per heavy atom. The van der Waals surface area contributed by atoms with Gasteiger partial charge in [-0.15, -0.1) is 0 Å². The second-order valence-corrected chi connectivity index (χ2v) is 5.60. The molecule has 2 heterocycles. The first-order valence-electron chi connectivity index (χ1n) is 7.47. The van der Waals surface area contributed by atoms with Crippen LogP contribution >= 0.6 is 0 Å². The molecule has 0 aliphatic rings. The minimum absolute atomic E-state index is 0.230. The Morgan fingerprint density at radius 2 is 1.95 bits per heavy atom. The third-order valence-electron chi connectivity index (χ3n) is 4.07. The van der Waals surface area contributed by atoms with E-state index >= 15 is 0 Å². The summed E-state index contributed by atoms with van der Waals surface area (Å²) in [4.78, 5) is 4.87. The van der Waals surface area contributed by atoms with Crippen molar-refractivity contribution in [3.8, 4) is 17.0 Å². The van der Waals surface area contributed by atoms with E-state index in [9.17, 15) is 0 Å². The van der Waals surface area contributed by atoms with Crippen molar-refractivity contribution >= 4 is 5.65 Å². The van der Waals surface area contributed by atoms with Crippen LogP contribution in [0.5, 0.6) is 5.75 Å². The van der Waals surface area contributed by atoms with Gasteiger partial charge < -0.3 is 14.9 Å². The van der Waals surface area contributed by atoms with Gasteiger partial charge in [0, 0.05) is 24.2 Å². The van der Waals surface area contributed by atoms with E-state index in [4.69, 9.17) is 15.5 Å². The van der Waals surface area contributed by atoms with Crippen LogP contribution in [-0.4, -0.2) is 23.0 Å². The number of pyridine rings is 1. The second-order valence-electron chi connectivity index (χ2n) is 5.60. The molecule has 114 valence electrons. The van der Waals surface area contributed by atoms with E-state index in [-0.39, 0.29) is 5.92 Å². The van der Waals surface area contributed by atoms with Gasteiger partial charge in [-0.2, -0.15) is 0 Å². The fraction of sp³-hybridized carbons (Fsp3) is 0.278. The first-order chi connectivity index (χ1) is 10.7. The number of hydrogen-bond donors (Lipinski definition) is 1.